The normalized spacial score (nSPS) is 7.83. The van der Waals surface area contributed by atoms with Crippen LogP contribution >= 0.6 is 23.6 Å². The number of halogens is 2. The number of hydrogen-bond acceptors (Lipinski definition) is 1. The fraction of sp³-hybridized carbons (Fsp3) is 0.500. The Morgan fingerprint density at radius 3 is 1.83 bits per heavy atom. The predicted molar refractivity (Wildman–Crippen MR) is 24.2 cm³/mol. The van der Waals surface area contributed by atoms with Gasteiger partial charge in [0.25, 0.3) is 0 Å². The van der Waals surface area contributed by atoms with Crippen molar-refractivity contribution < 1.29 is 4.79 Å². The molecule has 0 fully saturated rings. The summed E-state index contributed by atoms with van der Waals surface area (Å²) in [4.78, 5) is 9.81. The molecule has 0 aliphatic heterocycles. The Labute approximate surface area is 45.9 Å². The van der Waals surface area contributed by atoms with E-state index in [0.29, 0.717) is 3.94 Å². The standard InChI is InChI=1S/C2H3Cl2NO/c1-2(6)5(3)4/h1H3. The van der Waals surface area contributed by atoms with Gasteiger partial charge in [-0.3, -0.25) is 4.79 Å². The Morgan fingerprint density at radius 1 is 1.67 bits per heavy atom. The first-order valence-corrected chi connectivity index (χ1v) is 1.94. The highest BCUT2D eigenvalue weighted by atomic mass is 35.5. The summed E-state index contributed by atoms with van der Waals surface area (Å²) in [5, 5.41) is 0. The lowest BCUT2D eigenvalue weighted by atomic mass is 10.8. The van der Waals surface area contributed by atoms with E-state index >= 15 is 0 Å². The van der Waals surface area contributed by atoms with Crippen LogP contribution in [0.15, 0.2) is 0 Å². The van der Waals surface area contributed by atoms with Crippen LogP contribution in [0, 0.1) is 0 Å². The first-order chi connectivity index (χ1) is 2.64. The van der Waals surface area contributed by atoms with Gasteiger partial charge in [0, 0.05) is 30.5 Å². The molecule has 2 nitrogen and oxygen atoms in total. The highest BCUT2D eigenvalue weighted by molar-refractivity contribution is 6.41. The minimum atomic E-state index is -0.377. The van der Waals surface area contributed by atoms with E-state index < -0.39 is 0 Å². The van der Waals surface area contributed by atoms with Gasteiger partial charge in [-0.05, 0) is 0 Å². The van der Waals surface area contributed by atoms with Gasteiger partial charge in [-0.25, -0.2) is 0 Å². The summed E-state index contributed by atoms with van der Waals surface area (Å²) in [5.41, 5.74) is 0. The molecule has 0 radical (unpaired) electrons. The summed E-state index contributed by atoms with van der Waals surface area (Å²) in [6.45, 7) is 1.26. The van der Waals surface area contributed by atoms with Crippen molar-refractivity contribution >= 4 is 29.5 Å². The van der Waals surface area contributed by atoms with Crippen LogP contribution in [0.3, 0.4) is 0 Å². The summed E-state index contributed by atoms with van der Waals surface area (Å²) in [6.07, 6.45) is 0. The maximum absolute atomic E-state index is 9.81. The van der Waals surface area contributed by atoms with Crippen LogP contribution in [-0.4, -0.2) is 9.85 Å². The molecule has 0 bridgehead atoms. The van der Waals surface area contributed by atoms with Gasteiger partial charge in [0.2, 0.25) is 5.91 Å². The summed E-state index contributed by atoms with van der Waals surface area (Å²) in [5.74, 6) is -0.377. The Morgan fingerprint density at radius 2 is 1.83 bits per heavy atom. The SMILES string of the molecule is CC(=O)N(Cl)Cl. The van der Waals surface area contributed by atoms with Gasteiger partial charge in [-0.1, -0.05) is 0 Å². The third kappa shape index (κ3) is 2.30. The van der Waals surface area contributed by atoms with Crippen molar-refractivity contribution in [1.82, 2.24) is 3.94 Å². The van der Waals surface area contributed by atoms with Crippen LogP contribution < -0.4 is 0 Å². The molecule has 0 aromatic heterocycles. The Kier molecular flexibility index (Phi) is 2.28. The monoisotopic (exact) mass is 127 g/mol. The van der Waals surface area contributed by atoms with E-state index in [1.54, 1.807) is 0 Å². The smallest absolute Gasteiger partial charge is 0.248 e. The molecule has 0 aromatic rings. The van der Waals surface area contributed by atoms with Crippen molar-refractivity contribution in [2.45, 2.75) is 6.92 Å². The number of nitrogens with zero attached hydrogens (tertiary/aromatic N) is 1. The van der Waals surface area contributed by atoms with Gasteiger partial charge in [0.05, 0.1) is 0 Å². The molecule has 0 aliphatic carbocycles. The topological polar surface area (TPSA) is 20.3 Å². The van der Waals surface area contributed by atoms with E-state index in [0.717, 1.165) is 0 Å². The lowest BCUT2D eigenvalue weighted by Crippen LogP contribution is -2.03. The third-order valence-electron chi connectivity index (χ3n) is 0.238. The number of carbonyl (C=O) groups excluding carboxylic acids is 1. The molecule has 0 unspecified atom stereocenters. The van der Waals surface area contributed by atoms with Crippen LogP contribution in [0.1, 0.15) is 6.92 Å². The van der Waals surface area contributed by atoms with Gasteiger partial charge in [-0.15, -0.1) is 0 Å². The lowest BCUT2D eigenvalue weighted by Gasteiger charge is -1.92. The average molecular weight is 128 g/mol. The Balaban J connectivity index is 3.26. The molecule has 0 atom stereocenters. The van der Waals surface area contributed by atoms with Crippen LogP contribution in [0.4, 0.5) is 0 Å². The number of hydrogen-bond donors (Lipinski definition) is 0. The van der Waals surface area contributed by atoms with Crippen molar-refractivity contribution in [3.8, 4) is 0 Å². The van der Waals surface area contributed by atoms with E-state index in [-0.39, 0.29) is 5.91 Å². The summed E-state index contributed by atoms with van der Waals surface area (Å²) >= 11 is 9.72. The molecule has 1 amide bonds. The number of amides is 1. The minimum absolute atomic E-state index is 0.377. The Hall–Kier alpha value is 0.0500. The second kappa shape index (κ2) is 2.26. The molecule has 36 valence electrons. The summed E-state index contributed by atoms with van der Waals surface area (Å²) in [6, 6.07) is 0. The van der Waals surface area contributed by atoms with Crippen LogP contribution in [0.2, 0.25) is 0 Å². The largest absolute Gasteiger partial charge is 0.273 e. The van der Waals surface area contributed by atoms with Crippen LogP contribution in [-0.2, 0) is 4.79 Å². The first-order valence-electron chi connectivity index (χ1n) is 1.27. The number of rotatable bonds is 0. The predicted octanol–water partition coefficient (Wildman–Crippen LogP) is 1.14. The maximum Gasteiger partial charge on any atom is 0.248 e. The third-order valence-corrected chi connectivity index (χ3v) is 0.714. The fourth-order valence-corrected chi connectivity index (χ4v) is 0. The summed E-state index contributed by atoms with van der Waals surface area (Å²) < 4.78 is 0.472. The molecule has 0 saturated heterocycles. The highest BCUT2D eigenvalue weighted by Crippen LogP contribution is 1.96. The van der Waals surface area contributed by atoms with Crippen molar-refractivity contribution in [3.05, 3.63) is 0 Å². The van der Waals surface area contributed by atoms with E-state index in [4.69, 9.17) is 23.6 Å². The summed E-state index contributed by atoms with van der Waals surface area (Å²) in [7, 11) is 0. The first kappa shape index (κ1) is 6.05. The molecule has 0 spiro atoms. The van der Waals surface area contributed by atoms with Crippen molar-refractivity contribution in [2.24, 2.45) is 0 Å². The molecule has 0 rings (SSSR count). The van der Waals surface area contributed by atoms with E-state index in [2.05, 4.69) is 0 Å². The average Bonchev–Trinajstić information content (AvgIpc) is 1.36. The molecule has 0 heterocycles. The second-order valence-electron chi connectivity index (χ2n) is 0.752. The quantitative estimate of drug-likeness (QED) is 0.448. The Bertz CT molecular complexity index is 62.6. The highest BCUT2D eigenvalue weighted by Gasteiger charge is 1.94. The van der Waals surface area contributed by atoms with Gasteiger partial charge in [0.15, 0.2) is 0 Å². The van der Waals surface area contributed by atoms with E-state index in [1.807, 2.05) is 0 Å². The molecule has 0 aliphatic rings. The molecular formula is C2H3Cl2NO. The van der Waals surface area contributed by atoms with Crippen molar-refractivity contribution in [2.75, 3.05) is 0 Å². The molecule has 4 heteroatoms. The molecule has 0 saturated carbocycles. The van der Waals surface area contributed by atoms with Crippen LogP contribution in [0.5, 0.6) is 0 Å². The van der Waals surface area contributed by atoms with Gasteiger partial charge in [0.1, 0.15) is 0 Å². The van der Waals surface area contributed by atoms with Crippen molar-refractivity contribution in [3.63, 3.8) is 0 Å². The van der Waals surface area contributed by atoms with Crippen LogP contribution in [0.25, 0.3) is 0 Å². The zero-order chi connectivity index (χ0) is 5.15. The lowest BCUT2D eigenvalue weighted by molar-refractivity contribution is -0.121. The minimum Gasteiger partial charge on any atom is -0.273 e. The zero-order valence-electron chi connectivity index (χ0n) is 3.11. The van der Waals surface area contributed by atoms with Gasteiger partial charge < -0.3 is 0 Å². The van der Waals surface area contributed by atoms with E-state index in [9.17, 15) is 4.79 Å². The van der Waals surface area contributed by atoms with E-state index in [1.165, 1.54) is 6.92 Å². The van der Waals surface area contributed by atoms with Gasteiger partial charge in [-0.2, -0.15) is 3.94 Å². The van der Waals surface area contributed by atoms with Gasteiger partial charge >= 0.3 is 0 Å². The molecule has 6 heavy (non-hydrogen) atoms. The number of carbonyl (C=O) groups is 1. The fourth-order valence-electron chi connectivity index (χ4n) is 0. The molecule has 0 aromatic carbocycles. The zero-order valence-corrected chi connectivity index (χ0v) is 4.62. The maximum atomic E-state index is 9.81. The molecule has 0 N–H and O–H groups in total. The molecular weight excluding hydrogens is 125 g/mol. The second-order valence-corrected chi connectivity index (χ2v) is 1.60. The van der Waals surface area contributed by atoms with Crippen molar-refractivity contribution in [1.29, 1.82) is 0 Å².